The van der Waals surface area contributed by atoms with Crippen molar-refractivity contribution in [2.45, 2.75) is 81.9 Å². The summed E-state index contributed by atoms with van der Waals surface area (Å²) in [5.74, 6) is 0.932. The molecule has 4 rings (SSSR count). The summed E-state index contributed by atoms with van der Waals surface area (Å²) in [5.41, 5.74) is 0.859. The molecule has 3 nitrogen and oxygen atoms in total. The van der Waals surface area contributed by atoms with Gasteiger partial charge in [0.05, 0.1) is 6.10 Å². The maximum atomic E-state index is 5.86. The maximum Gasteiger partial charge on any atom is 0.0588 e. The third kappa shape index (κ3) is 2.77. The van der Waals surface area contributed by atoms with Crippen LogP contribution in [0.25, 0.3) is 0 Å². The summed E-state index contributed by atoms with van der Waals surface area (Å²) in [6.07, 6.45) is 12.9. The monoisotopic (exact) mass is 292 g/mol. The minimum Gasteiger partial charge on any atom is -0.378 e. The van der Waals surface area contributed by atoms with Gasteiger partial charge in [-0.2, -0.15) is 0 Å². The molecule has 2 heterocycles. The summed E-state index contributed by atoms with van der Waals surface area (Å²) >= 11 is 0. The molecule has 0 amide bonds. The largest absolute Gasteiger partial charge is 0.378 e. The Balaban J connectivity index is 1.44. The molecule has 0 aromatic carbocycles. The van der Waals surface area contributed by atoms with Gasteiger partial charge in [0.1, 0.15) is 0 Å². The second-order valence-electron chi connectivity index (χ2n) is 8.32. The van der Waals surface area contributed by atoms with Crippen LogP contribution in [0.3, 0.4) is 0 Å². The van der Waals surface area contributed by atoms with Crippen LogP contribution in [0.2, 0.25) is 0 Å². The van der Waals surface area contributed by atoms with Crippen LogP contribution in [0, 0.1) is 5.92 Å². The zero-order chi connectivity index (χ0) is 14.3. The zero-order valence-corrected chi connectivity index (χ0v) is 13.7. The molecule has 2 aliphatic carbocycles. The van der Waals surface area contributed by atoms with Gasteiger partial charge in [-0.15, -0.1) is 0 Å². The van der Waals surface area contributed by atoms with Crippen molar-refractivity contribution in [1.82, 2.24) is 10.2 Å². The predicted octanol–water partition coefficient (Wildman–Crippen LogP) is 2.94. The first-order chi connectivity index (χ1) is 10.2. The van der Waals surface area contributed by atoms with Gasteiger partial charge >= 0.3 is 0 Å². The fourth-order valence-electron chi connectivity index (χ4n) is 5.11. The molecular formula is C18H32N2O. The lowest BCUT2D eigenvalue weighted by molar-refractivity contribution is -0.00643. The standard InChI is InChI=1S/C18H32N2O/c1-17(15-6-7-15)14-20(11-8-16-5-4-12-21-16)18(13-19-17)9-2-3-10-18/h15-16,19H,2-14H2,1H3. The highest BCUT2D eigenvalue weighted by atomic mass is 16.5. The van der Waals surface area contributed by atoms with Crippen LogP contribution in [-0.2, 0) is 4.74 Å². The van der Waals surface area contributed by atoms with Crippen molar-refractivity contribution >= 4 is 0 Å². The number of rotatable bonds is 4. The van der Waals surface area contributed by atoms with Gasteiger partial charge < -0.3 is 10.1 Å². The topological polar surface area (TPSA) is 24.5 Å². The number of hydrogen-bond donors (Lipinski definition) is 1. The van der Waals surface area contributed by atoms with E-state index in [0.29, 0.717) is 17.2 Å². The van der Waals surface area contributed by atoms with Gasteiger partial charge in [-0.3, -0.25) is 4.90 Å². The Morgan fingerprint density at radius 1 is 1.14 bits per heavy atom. The molecule has 0 radical (unpaired) electrons. The van der Waals surface area contributed by atoms with E-state index in [4.69, 9.17) is 4.74 Å². The first-order valence-corrected chi connectivity index (χ1v) is 9.32. The summed E-state index contributed by atoms with van der Waals surface area (Å²) in [4.78, 5) is 2.89. The van der Waals surface area contributed by atoms with Crippen molar-refractivity contribution in [2.24, 2.45) is 5.92 Å². The van der Waals surface area contributed by atoms with E-state index >= 15 is 0 Å². The van der Waals surface area contributed by atoms with E-state index in [9.17, 15) is 0 Å². The second-order valence-corrected chi connectivity index (χ2v) is 8.32. The molecule has 1 spiro atoms. The summed E-state index contributed by atoms with van der Waals surface area (Å²) < 4.78 is 5.86. The van der Waals surface area contributed by atoms with Crippen molar-refractivity contribution in [1.29, 1.82) is 0 Å². The molecule has 21 heavy (non-hydrogen) atoms. The van der Waals surface area contributed by atoms with E-state index in [2.05, 4.69) is 17.1 Å². The van der Waals surface area contributed by atoms with Crippen LogP contribution in [0.5, 0.6) is 0 Å². The van der Waals surface area contributed by atoms with Crippen LogP contribution >= 0.6 is 0 Å². The Labute approximate surface area is 129 Å². The molecule has 3 heteroatoms. The summed E-state index contributed by atoms with van der Waals surface area (Å²) in [6, 6.07) is 0. The fraction of sp³-hybridized carbons (Fsp3) is 1.00. The fourth-order valence-corrected chi connectivity index (χ4v) is 5.11. The molecule has 2 atom stereocenters. The van der Waals surface area contributed by atoms with E-state index in [-0.39, 0.29) is 0 Å². The Hall–Kier alpha value is -0.120. The van der Waals surface area contributed by atoms with Crippen LogP contribution in [-0.4, -0.2) is 48.3 Å². The van der Waals surface area contributed by atoms with Crippen molar-refractivity contribution in [3.8, 4) is 0 Å². The Morgan fingerprint density at radius 3 is 2.62 bits per heavy atom. The first-order valence-electron chi connectivity index (χ1n) is 9.32. The molecular weight excluding hydrogens is 260 g/mol. The molecule has 1 N–H and O–H groups in total. The lowest BCUT2D eigenvalue weighted by atomic mass is 9.83. The molecule has 0 aromatic rings. The highest BCUT2D eigenvalue weighted by molar-refractivity contribution is 5.10. The average molecular weight is 292 g/mol. The van der Waals surface area contributed by atoms with Crippen LogP contribution in [0.1, 0.15) is 64.7 Å². The van der Waals surface area contributed by atoms with Gasteiger partial charge in [0.25, 0.3) is 0 Å². The average Bonchev–Trinajstić information content (AvgIpc) is 3.04. The van der Waals surface area contributed by atoms with Crippen molar-refractivity contribution < 1.29 is 4.74 Å². The zero-order valence-electron chi connectivity index (χ0n) is 13.7. The molecule has 2 unspecified atom stereocenters. The minimum atomic E-state index is 0.379. The number of nitrogens with one attached hydrogen (secondary N) is 1. The van der Waals surface area contributed by atoms with Crippen molar-refractivity contribution in [3.05, 3.63) is 0 Å². The summed E-state index contributed by atoms with van der Waals surface area (Å²) in [6.45, 7) is 7.23. The smallest absolute Gasteiger partial charge is 0.0588 e. The molecule has 2 saturated carbocycles. The van der Waals surface area contributed by atoms with E-state index in [1.807, 2.05) is 0 Å². The van der Waals surface area contributed by atoms with E-state index < -0.39 is 0 Å². The normalized spacial score (nSPS) is 40.1. The molecule has 0 aromatic heterocycles. The third-order valence-electron chi connectivity index (χ3n) is 6.77. The number of ether oxygens (including phenoxy) is 1. The molecule has 4 fully saturated rings. The first kappa shape index (κ1) is 14.5. The number of piperazine rings is 1. The number of hydrogen-bond acceptors (Lipinski definition) is 3. The van der Waals surface area contributed by atoms with Gasteiger partial charge in [-0.25, -0.2) is 0 Å². The lowest BCUT2D eigenvalue weighted by Crippen LogP contribution is -2.69. The third-order valence-corrected chi connectivity index (χ3v) is 6.77. The second kappa shape index (κ2) is 5.50. The highest BCUT2D eigenvalue weighted by Crippen LogP contribution is 2.46. The minimum absolute atomic E-state index is 0.379. The molecule has 2 aliphatic heterocycles. The van der Waals surface area contributed by atoms with Gasteiger partial charge in [0.15, 0.2) is 0 Å². The quantitative estimate of drug-likeness (QED) is 0.862. The number of nitrogens with zero attached hydrogens (tertiary/aromatic N) is 1. The molecule has 120 valence electrons. The van der Waals surface area contributed by atoms with Crippen LogP contribution in [0.15, 0.2) is 0 Å². The maximum absolute atomic E-state index is 5.86. The van der Waals surface area contributed by atoms with Crippen LogP contribution < -0.4 is 5.32 Å². The van der Waals surface area contributed by atoms with Gasteiger partial charge in [0, 0.05) is 37.3 Å². The van der Waals surface area contributed by atoms with Crippen molar-refractivity contribution in [2.75, 3.05) is 26.2 Å². The lowest BCUT2D eigenvalue weighted by Gasteiger charge is -2.53. The molecule has 4 aliphatic rings. The predicted molar refractivity (Wildman–Crippen MR) is 85.5 cm³/mol. The molecule has 0 bridgehead atoms. The van der Waals surface area contributed by atoms with Crippen LogP contribution in [0.4, 0.5) is 0 Å². The van der Waals surface area contributed by atoms with E-state index in [0.717, 1.165) is 12.5 Å². The SMILES string of the molecule is CC1(C2CC2)CN(CCC2CCCO2)C2(CCCC2)CN1. The van der Waals surface area contributed by atoms with E-state index in [1.165, 1.54) is 77.4 Å². The summed E-state index contributed by atoms with van der Waals surface area (Å²) in [7, 11) is 0. The van der Waals surface area contributed by atoms with Gasteiger partial charge in [-0.1, -0.05) is 12.8 Å². The molecule has 2 saturated heterocycles. The highest BCUT2D eigenvalue weighted by Gasteiger charge is 2.51. The summed E-state index contributed by atoms with van der Waals surface area (Å²) in [5, 5.41) is 3.98. The van der Waals surface area contributed by atoms with Gasteiger partial charge in [0.2, 0.25) is 0 Å². The Morgan fingerprint density at radius 2 is 1.95 bits per heavy atom. The Kier molecular flexibility index (Phi) is 3.79. The van der Waals surface area contributed by atoms with E-state index in [1.54, 1.807) is 0 Å². The Bertz CT molecular complexity index is 369. The van der Waals surface area contributed by atoms with Gasteiger partial charge in [-0.05, 0) is 57.8 Å². The van der Waals surface area contributed by atoms with Crippen molar-refractivity contribution in [3.63, 3.8) is 0 Å².